The number of anilines is 1. The van der Waals surface area contributed by atoms with E-state index in [2.05, 4.69) is 5.32 Å². The van der Waals surface area contributed by atoms with Gasteiger partial charge < -0.3 is 10.2 Å². The van der Waals surface area contributed by atoms with Crippen molar-refractivity contribution in [2.45, 2.75) is 76.4 Å². The number of amides is 2. The number of rotatable bonds is 11. The van der Waals surface area contributed by atoms with Crippen molar-refractivity contribution in [1.82, 2.24) is 10.2 Å². The zero-order chi connectivity index (χ0) is 29.6. The minimum absolute atomic E-state index is 0.0713. The molecule has 1 unspecified atom stereocenters. The summed E-state index contributed by atoms with van der Waals surface area (Å²) < 4.78 is 29.0. The molecule has 9 heteroatoms. The molecule has 1 atom stereocenters. The van der Waals surface area contributed by atoms with Gasteiger partial charge in [0.1, 0.15) is 12.6 Å². The SMILES string of the molecule is CCC(C(=O)NC1CCCC1)N(Cc1ccc(C)cc1)C(=O)CN(c1ccc(Cl)cc1)S(=O)(=O)c1ccc(C)cc1. The van der Waals surface area contributed by atoms with Crippen molar-refractivity contribution in [3.8, 4) is 0 Å². The molecule has 0 bridgehead atoms. The van der Waals surface area contributed by atoms with Crippen LogP contribution in [0.15, 0.2) is 77.7 Å². The lowest BCUT2D eigenvalue weighted by Crippen LogP contribution is -2.53. The van der Waals surface area contributed by atoms with Gasteiger partial charge in [-0.1, -0.05) is 78.9 Å². The van der Waals surface area contributed by atoms with E-state index in [-0.39, 0.29) is 23.4 Å². The number of carbonyl (C=O) groups is 2. The highest BCUT2D eigenvalue weighted by Gasteiger charge is 2.34. The Morgan fingerprint density at radius 2 is 1.46 bits per heavy atom. The van der Waals surface area contributed by atoms with Gasteiger partial charge in [0.05, 0.1) is 10.6 Å². The lowest BCUT2D eigenvalue weighted by molar-refractivity contribution is -0.140. The molecule has 0 heterocycles. The first-order valence-electron chi connectivity index (χ1n) is 14.1. The van der Waals surface area contributed by atoms with Crippen molar-refractivity contribution in [3.05, 3.63) is 94.5 Å². The quantitative estimate of drug-likeness (QED) is 0.294. The van der Waals surface area contributed by atoms with Gasteiger partial charge in [0.2, 0.25) is 11.8 Å². The Morgan fingerprint density at radius 1 is 0.902 bits per heavy atom. The minimum Gasteiger partial charge on any atom is -0.352 e. The van der Waals surface area contributed by atoms with E-state index < -0.39 is 28.5 Å². The van der Waals surface area contributed by atoms with Gasteiger partial charge in [-0.3, -0.25) is 13.9 Å². The van der Waals surface area contributed by atoms with Gasteiger partial charge in [0.15, 0.2) is 0 Å². The van der Waals surface area contributed by atoms with Gasteiger partial charge in [0.25, 0.3) is 10.0 Å². The summed E-state index contributed by atoms with van der Waals surface area (Å²) in [5, 5.41) is 3.58. The molecule has 0 saturated heterocycles. The van der Waals surface area contributed by atoms with Crippen LogP contribution in [0.25, 0.3) is 0 Å². The average molecular weight is 596 g/mol. The predicted octanol–water partition coefficient (Wildman–Crippen LogP) is 6.02. The Labute approximate surface area is 248 Å². The van der Waals surface area contributed by atoms with Gasteiger partial charge in [-0.25, -0.2) is 8.42 Å². The molecule has 0 aromatic heterocycles. The highest BCUT2D eigenvalue weighted by Crippen LogP contribution is 2.27. The van der Waals surface area contributed by atoms with Crippen LogP contribution < -0.4 is 9.62 Å². The third-order valence-corrected chi connectivity index (χ3v) is 9.60. The summed E-state index contributed by atoms with van der Waals surface area (Å²) in [5.41, 5.74) is 3.16. The Bertz CT molecular complexity index is 1440. The van der Waals surface area contributed by atoms with Gasteiger partial charge in [-0.2, -0.15) is 0 Å². The zero-order valence-electron chi connectivity index (χ0n) is 23.8. The Balaban J connectivity index is 1.70. The second-order valence-electron chi connectivity index (χ2n) is 10.7. The number of carbonyl (C=O) groups excluding carboxylic acids is 2. The topological polar surface area (TPSA) is 86.8 Å². The van der Waals surface area contributed by atoms with E-state index in [1.165, 1.54) is 17.0 Å². The molecule has 1 aliphatic rings. The molecule has 3 aromatic rings. The van der Waals surface area contributed by atoms with Crippen LogP contribution in [0.1, 0.15) is 55.7 Å². The number of nitrogens with one attached hydrogen (secondary N) is 1. The van der Waals surface area contributed by atoms with E-state index in [1.807, 2.05) is 45.0 Å². The maximum atomic E-state index is 14.2. The minimum atomic E-state index is -4.12. The van der Waals surface area contributed by atoms with Crippen molar-refractivity contribution in [3.63, 3.8) is 0 Å². The number of aryl methyl sites for hydroxylation is 2. The molecule has 1 aliphatic carbocycles. The number of halogens is 1. The van der Waals surface area contributed by atoms with E-state index >= 15 is 0 Å². The fourth-order valence-corrected chi connectivity index (χ4v) is 6.69. The molecule has 1 fully saturated rings. The van der Waals surface area contributed by atoms with E-state index in [4.69, 9.17) is 11.6 Å². The molecule has 0 aliphatic heterocycles. The Kier molecular flexibility index (Phi) is 10.1. The fourth-order valence-electron chi connectivity index (χ4n) is 5.15. The van der Waals surface area contributed by atoms with Crippen LogP contribution in [0.2, 0.25) is 5.02 Å². The maximum Gasteiger partial charge on any atom is 0.264 e. The molecule has 41 heavy (non-hydrogen) atoms. The number of nitrogens with zero attached hydrogens (tertiary/aromatic N) is 2. The van der Waals surface area contributed by atoms with E-state index in [1.54, 1.807) is 36.4 Å². The second kappa shape index (κ2) is 13.5. The van der Waals surface area contributed by atoms with Crippen LogP contribution in [0.4, 0.5) is 5.69 Å². The lowest BCUT2D eigenvalue weighted by Gasteiger charge is -2.33. The van der Waals surface area contributed by atoms with Crippen molar-refractivity contribution >= 4 is 39.1 Å². The van der Waals surface area contributed by atoms with E-state index in [0.717, 1.165) is 46.7 Å². The lowest BCUT2D eigenvalue weighted by atomic mass is 10.1. The highest BCUT2D eigenvalue weighted by molar-refractivity contribution is 7.92. The second-order valence-corrected chi connectivity index (χ2v) is 13.0. The van der Waals surface area contributed by atoms with Crippen molar-refractivity contribution in [2.24, 2.45) is 0 Å². The Hall–Kier alpha value is -3.36. The first kappa shape index (κ1) is 30.6. The number of sulfonamides is 1. The summed E-state index contributed by atoms with van der Waals surface area (Å²) in [6.45, 7) is 5.43. The third-order valence-electron chi connectivity index (χ3n) is 7.56. The fraction of sp³-hybridized carbons (Fsp3) is 0.375. The van der Waals surface area contributed by atoms with Gasteiger partial charge in [-0.05, 0) is 75.1 Å². The highest BCUT2D eigenvalue weighted by atomic mass is 35.5. The molecule has 7 nitrogen and oxygen atoms in total. The van der Waals surface area contributed by atoms with Crippen molar-refractivity contribution in [2.75, 3.05) is 10.8 Å². The summed E-state index contributed by atoms with van der Waals surface area (Å²) in [7, 11) is -4.12. The third kappa shape index (κ3) is 7.68. The molecule has 1 N–H and O–H groups in total. The number of hydrogen-bond acceptors (Lipinski definition) is 4. The normalized spacial score (nSPS) is 14.4. The number of hydrogen-bond donors (Lipinski definition) is 1. The molecule has 1 saturated carbocycles. The van der Waals surface area contributed by atoms with Crippen LogP contribution in [-0.4, -0.2) is 43.8 Å². The first-order chi connectivity index (χ1) is 19.6. The van der Waals surface area contributed by atoms with Gasteiger partial charge >= 0.3 is 0 Å². The summed E-state index contributed by atoms with van der Waals surface area (Å²) in [5.74, 6) is -0.677. The van der Waals surface area contributed by atoms with Crippen LogP contribution in [0, 0.1) is 13.8 Å². The molecular weight excluding hydrogens is 558 g/mol. The average Bonchev–Trinajstić information content (AvgIpc) is 3.46. The maximum absolute atomic E-state index is 14.2. The predicted molar refractivity (Wildman–Crippen MR) is 163 cm³/mol. The summed E-state index contributed by atoms with van der Waals surface area (Å²) in [6.07, 6.45) is 4.38. The Morgan fingerprint density at radius 3 is 2.02 bits per heavy atom. The molecule has 2 amide bonds. The van der Waals surface area contributed by atoms with Crippen LogP contribution >= 0.6 is 11.6 Å². The van der Waals surface area contributed by atoms with Gasteiger partial charge in [-0.15, -0.1) is 0 Å². The molecule has 0 spiro atoms. The smallest absolute Gasteiger partial charge is 0.264 e. The molecular formula is C32H38ClN3O4S. The molecule has 0 radical (unpaired) electrons. The largest absolute Gasteiger partial charge is 0.352 e. The van der Waals surface area contributed by atoms with Crippen LogP contribution in [-0.2, 0) is 26.2 Å². The summed E-state index contributed by atoms with van der Waals surface area (Å²) >= 11 is 6.10. The standard InChI is InChI=1S/C32H38ClN3O4S/c1-4-30(32(38)34-27-7-5-6-8-27)35(21-25-13-9-23(2)10-14-25)31(37)22-36(28-17-15-26(33)16-18-28)41(39,40)29-19-11-24(3)12-20-29/h9-20,27,30H,4-8,21-22H2,1-3H3,(H,34,38). The monoisotopic (exact) mass is 595 g/mol. The van der Waals surface area contributed by atoms with Crippen LogP contribution in [0.5, 0.6) is 0 Å². The zero-order valence-corrected chi connectivity index (χ0v) is 25.4. The van der Waals surface area contributed by atoms with Gasteiger partial charge in [0, 0.05) is 17.6 Å². The molecule has 4 rings (SSSR count). The molecule has 218 valence electrons. The summed E-state index contributed by atoms with van der Waals surface area (Å²) in [6, 6.07) is 20.0. The summed E-state index contributed by atoms with van der Waals surface area (Å²) in [4.78, 5) is 29.3. The van der Waals surface area contributed by atoms with Crippen LogP contribution in [0.3, 0.4) is 0 Å². The van der Waals surface area contributed by atoms with Crippen molar-refractivity contribution < 1.29 is 18.0 Å². The molecule has 3 aromatic carbocycles. The first-order valence-corrected chi connectivity index (χ1v) is 15.9. The van der Waals surface area contributed by atoms with E-state index in [0.29, 0.717) is 17.1 Å². The number of benzene rings is 3. The van der Waals surface area contributed by atoms with E-state index in [9.17, 15) is 18.0 Å². The van der Waals surface area contributed by atoms with Crippen molar-refractivity contribution in [1.29, 1.82) is 0 Å².